The fourth-order valence-electron chi connectivity index (χ4n) is 4.83. The number of alkyl carbamates (subject to hydrolysis) is 1. The van der Waals surface area contributed by atoms with Gasteiger partial charge < -0.3 is 26.0 Å². The third-order valence-corrected chi connectivity index (χ3v) is 7.90. The molecule has 0 spiro atoms. The molecule has 8 nitrogen and oxygen atoms in total. The minimum absolute atomic E-state index is 0.101. The summed E-state index contributed by atoms with van der Waals surface area (Å²) >= 11 is 1.63. The van der Waals surface area contributed by atoms with Crippen LogP contribution in [-0.2, 0) is 14.3 Å². The molecule has 1 saturated carbocycles. The van der Waals surface area contributed by atoms with Gasteiger partial charge in [0.15, 0.2) is 0 Å². The van der Waals surface area contributed by atoms with Crippen molar-refractivity contribution in [2.24, 2.45) is 17.6 Å². The summed E-state index contributed by atoms with van der Waals surface area (Å²) in [6.45, 7) is 13.4. The Bertz CT molecular complexity index is 692. The van der Waals surface area contributed by atoms with Crippen molar-refractivity contribution in [3.05, 3.63) is 0 Å². The van der Waals surface area contributed by atoms with E-state index in [-0.39, 0.29) is 35.6 Å². The predicted molar refractivity (Wildman–Crippen MR) is 138 cm³/mol. The first-order valence-corrected chi connectivity index (χ1v) is 13.7. The molecule has 2 unspecified atom stereocenters. The van der Waals surface area contributed by atoms with Crippen molar-refractivity contribution in [1.29, 1.82) is 0 Å². The van der Waals surface area contributed by atoms with E-state index in [9.17, 15) is 14.4 Å². The molecule has 1 saturated heterocycles. The molecule has 1 heterocycles. The van der Waals surface area contributed by atoms with E-state index >= 15 is 0 Å². The summed E-state index contributed by atoms with van der Waals surface area (Å²) in [6, 6.07) is -1.03. The SMILES string of the molecule is CC(C)COC(=O)NC(C(=O)N1CCCC1C(=O)NCC1CCC(N)CC1)C(C)(C)SC(C)C. The summed E-state index contributed by atoms with van der Waals surface area (Å²) in [5.74, 6) is 0.322. The van der Waals surface area contributed by atoms with Crippen LogP contribution in [0.4, 0.5) is 4.79 Å². The maximum Gasteiger partial charge on any atom is 0.407 e. The van der Waals surface area contributed by atoms with Gasteiger partial charge in [0.25, 0.3) is 0 Å². The monoisotopic (exact) mass is 498 g/mol. The lowest BCUT2D eigenvalue weighted by atomic mass is 9.86. The molecule has 2 fully saturated rings. The Labute approximate surface area is 209 Å². The molecule has 9 heteroatoms. The standard InChI is InChI=1S/C25H46N4O4S/c1-16(2)15-33-24(32)28-21(25(5,6)34-17(3)4)23(31)29-13-7-8-20(29)22(30)27-14-18-9-11-19(26)12-10-18/h16-21H,7-15,26H2,1-6H3,(H,27,30)(H,28,32). The zero-order valence-corrected chi connectivity index (χ0v) is 22.7. The number of hydrogen-bond donors (Lipinski definition) is 3. The molecule has 3 amide bonds. The smallest absolute Gasteiger partial charge is 0.407 e. The molecule has 0 aromatic rings. The first kappa shape index (κ1) is 28.8. The molecule has 4 N–H and O–H groups in total. The van der Waals surface area contributed by atoms with Crippen LogP contribution in [0.3, 0.4) is 0 Å². The van der Waals surface area contributed by atoms with E-state index in [0.29, 0.717) is 25.4 Å². The van der Waals surface area contributed by atoms with Crippen molar-refractivity contribution in [3.63, 3.8) is 0 Å². The van der Waals surface area contributed by atoms with Crippen molar-refractivity contribution in [3.8, 4) is 0 Å². The number of ether oxygens (including phenoxy) is 1. The highest BCUT2D eigenvalue weighted by molar-refractivity contribution is 8.01. The van der Waals surface area contributed by atoms with E-state index < -0.39 is 22.9 Å². The van der Waals surface area contributed by atoms with Crippen molar-refractivity contribution in [2.45, 2.75) is 108 Å². The lowest BCUT2D eigenvalue weighted by Gasteiger charge is -2.38. The van der Waals surface area contributed by atoms with Gasteiger partial charge in [-0.25, -0.2) is 4.79 Å². The minimum atomic E-state index is -0.798. The lowest BCUT2D eigenvalue weighted by molar-refractivity contribution is -0.140. The van der Waals surface area contributed by atoms with E-state index in [4.69, 9.17) is 10.5 Å². The number of thioether (sulfide) groups is 1. The zero-order chi connectivity index (χ0) is 25.5. The Balaban J connectivity index is 2.08. The molecule has 1 aliphatic carbocycles. The van der Waals surface area contributed by atoms with Gasteiger partial charge in [-0.3, -0.25) is 9.59 Å². The van der Waals surface area contributed by atoms with Crippen LogP contribution in [-0.4, -0.2) is 70.6 Å². The fourth-order valence-corrected chi connectivity index (χ4v) is 6.35. The average Bonchev–Trinajstić information content (AvgIpc) is 3.24. The number of rotatable bonds is 10. The summed E-state index contributed by atoms with van der Waals surface area (Å²) in [7, 11) is 0. The van der Waals surface area contributed by atoms with Crippen LogP contribution < -0.4 is 16.4 Å². The van der Waals surface area contributed by atoms with E-state index in [1.54, 1.807) is 16.7 Å². The molecular weight excluding hydrogens is 452 g/mol. The molecule has 0 radical (unpaired) electrons. The quantitative estimate of drug-likeness (QED) is 0.426. The normalized spacial score (nSPS) is 24.3. The Morgan fingerprint density at radius 2 is 1.74 bits per heavy atom. The van der Waals surface area contributed by atoms with Crippen molar-refractivity contribution >= 4 is 29.7 Å². The van der Waals surface area contributed by atoms with Crippen LogP contribution in [0.25, 0.3) is 0 Å². The Hall–Kier alpha value is -1.48. The van der Waals surface area contributed by atoms with Crippen molar-refractivity contribution < 1.29 is 19.1 Å². The van der Waals surface area contributed by atoms with E-state index in [1.165, 1.54) is 0 Å². The van der Waals surface area contributed by atoms with Gasteiger partial charge in [-0.2, -0.15) is 11.8 Å². The van der Waals surface area contributed by atoms with Gasteiger partial charge in [-0.15, -0.1) is 0 Å². The van der Waals surface area contributed by atoms with Gasteiger partial charge in [0.1, 0.15) is 12.1 Å². The highest BCUT2D eigenvalue weighted by Crippen LogP contribution is 2.34. The topological polar surface area (TPSA) is 114 Å². The Morgan fingerprint density at radius 3 is 2.32 bits per heavy atom. The predicted octanol–water partition coefficient (Wildman–Crippen LogP) is 3.28. The first-order chi connectivity index (χ1) is 15.9. The van der Waals surface area contributed by atoms with Gasteiger partial charge in [0, 0.05) is 23.9 Å². The molecule has 196 valence electrons. The summed E-state index contributed by atoms with van der Waals surface area (Å²) in [4.78, 5) is 41.0. The fraction of sp³-hybridized carbons (Fsp3) is 0.880. The first-order valence-electron chi connectivity index (χ1n) is 12.9. The van der Waals surface area contributed by atoms with Crippen LogP contribution in [0.1, 0.15) is 80.1 Å². The van der Waals surface area contributed by atoms with Gasteiger partial charge in [-0.1, -0.05) is 27.7 Å². The number of nitrogens with two attached hydrogens (primary N) is 1. The highest BCUT2D eigenvalue weighted by atomic mass is 32.2. The summed E-state index contributed by atoms with van der Waals surface area (Å²) in [5, 5.41) is 6.18. The van der Waals surface area contributed by atoms with Gasteiger partial charge in [0.2, 0.25) is 11.8 Å². The largest absolute Gasteiger partial charge is 0.449 e. The van der Waals surface area contributed by atoms with Crippen molar-refractivity contribution in [2.75, 3.05) is 19.7 Å². The number of likely N-dealkylation sites (tertiary alicyclic amines) is 1. The second-order valence-corrected chi connectivity index (χ2v) is 13.3. The van der Waals surface area contributed by atoms with Gasteiger partial charge >= 0.3 is 6.09 Å². The molecule has 1 aliphatic heterocycles. The van der Waals surface area contributed by atoms with Crippen LogP contribution in [0.2, 0.25) is 0 Å². The van der Waals surface area contributed by atoms with E-state index in [0.717, 1.165) is 32.1 Å². The van der Waals surface area contributed by atoms with Crippen LogP contribution in [0, 0.1) is 11.8 Å². The third kappa shape index (κ3) is 8.63. The summed E-state index contributed by atoms with van der Waals surface area (Å²) in [5.41, 5.74) is 5.99. The number of nitrogens with zero attached hydrogens (tertiary/aromatic N) is 1. The second-order valence-electron chi connectivity index (χ2n) is 11.1. The van der Waals surface area contributed by atoms with E-state index in [1.807, 2.05) is 27.7 Å². The molecule has 0 aromatic carbocycles. The number of carbonyl (C=O) groups is 3. The molecule has 34 heavy (non-hydrogen) atoms. The molecule has 0 bridgehead atoms. The maximum absolute atomic E-state index is 13.8. The van der Waals surface area contributed by atoms with E-state index in [2.05, 4.69) is 24.5 Å². The van der Waals surface area contributed by atoms with Crippen molar-refractivity contribution in [1.82, 2.24) is 15.5 Å². The molecule has 2 atom stereocenters. The third-order valence-electron chi connectivity index (χ3n) is 6.59. The van der Waals surface area contributed by atoms with Gasteiger partial charge in [0.05, 0.1) is 6.61 Å². The summed E-state index contributed by atoms with van der Waals surface area (Å²) < 4.78 is 4.74. The van der Waals surface area contributed by atoms with Gasteiger partial charge in [-0.05, 0) is 69.5 Å². The van der Waals surface area contributed by atoms with Crippen LogP contribution in [0.5, 0.6) is 0 Å². The Kier molecular flexibility index (Phi) is 11.0. The lowest BCUT2D eigenvalue weighted by Crippen LogP contribution is -2.60. The Morgan fingerprint density at radius 1 is 1.09 bits per heavy atom. The number of amides is 3. The molecule has 2 aliphatic rings. The summed E-state index contributed by atoms with van der Waals surface area (Å²) in [6.07, 6.45) is 4.86. The average molecular weight is 499 g/mol. The number of carbonyl (C=O) groups excluding carboxylic acids is 3. The van der Waals surface area contributed by atoms with Crippen LogP contribution in [0.15, 0.2) is 0 Å². The molecule has 2 rings (SSSR count). The number of nitrogens with one attached hydrogen (secondary N) is 2. The zero-order valence-electron chi connectivity index (χ0n) is 21.9. The second kappa shape index (κ2) is 13.0. The highest BCUT2D eigenvalue weighted by Gasteiger charge is 2.44. The maximum atomic E-state index is 13.8. The molecule has 0 aromatic heterocycles. The number of hydrogen-bond acceptors (Lipinski definition) is 6. The minimum Gasteiger partial charge on any atom is -0.449 e. The molecular formula is C25H46N4O4S. The van der Waals surface area contributed by atoms with Crippen LogP contribution >= 0.6 is 11.8 Å².